The van der Waals surface area contributed by atoms with E-state index in [4.69, 9.17) is 0 Å². The van der Waals surface area contributed by atoms with E-state index in [-0.39, 0.29) is 17.8 Å². The van der Waals surface area contributed by atoms with E-state index in [9.17, 15) is 9.90 Å². The fourth-order valence-corrected chi connectivity index (χ4v) is 4.83. The second-order valence-corrected chi connectivity index (χ2v) is 7.25. The van der Waals surface area contributed by atoms with Crippen LogP contribution in [0.3, 0.4) is 0 Å². The molecule has 2 fully saturated rings. The van der Waals surface area contributed by atoms with Crippen LogP contribution in [0.1, 0.15) is 59.3 Å². The summed E-state index contributed by atoms with van der Waals surface area (Å²) in [6, 6.07) is 0. The lowest BCUT2D eigenvalue weighted by Crippen LogP contribution is -2.49. The quantitative estimate of drug-likeness (QED) is 0.743. The zero-order valence-corrected chi connectivity index (χ0v) is 12.0. The lowest BCUT2D eigenvalue weighted by molar-refractivity contribution is -0.141. The van der Waals surface area contributed by atoms with E-state index in [1.54, 1.807) is 0 Å². The number of carboxylic acids is 1. The van der Waals surface area contributed by atoms with E-state index in [2.05, 4.69) is 27.4 Å². The van der Waals surface area contributed by atoms with Gasteiger partial charge in [-0.3, -0.25) is 4.79 Å². The number of fused-ring (bicyclic) bond motifs is 1. The monoisotopic (exact) mass is 250 g/mol. The molecule has 1 N–H and O–H groups in total. The Morgan fingerprint density at radius 2 is 2.06 bits per heavy atom. The third-order valence-electron chi connectivity index (χ3n) is 5.70. The molecule has 0 radical (unpaired) electrons. The lowest BCUT2D eigenvalue weighted by atomic mass is 9.47. The first-order valence-corrected chi connectivity index (χ1v) is 7.17. The van der Waals surface area contributed by atoms with Crippen LogP contribution in [0.25, 0.3) is 0 Å². The first-order chi connectivity index (χ1) is 8.27. The first kappa shape index (κ1) is 13.6. The van der Waals surface area contributed by atoms with Crippen molar-refractivity contribution in [3.05, 3.63) is 12.2 Å². The van der Waals surface area contributed by atoms with Gasteiger partial charge in [-0.1, -0.05) is 39.3 Å². The second kappa shape index (κ2) is 4.40. The predicted molar refractivity (Wildman–Crippen MR) is 73.3 cm³/mol. The molecule has 2 rings (SSSR count). The van der Waals surface area contributed by atoms with Gasteiger partial charge in [0.1, 0.15) is 0 Å². The number of hydrogen-bond donors (Lipinski definition) is 1. The smallest absolute Gasteiger partial charge is 0.303 e. The first-order valence-electron chi connectivity index (χ1n) is 7.17. The van der Waals surface area contributed by atoms with Crippen molar-refractivity contribution in [1.29, 1.82) is 0 Å². The van der Waals surface area contributed by atoms with Crippen LogP contribution in [0.5, 0.6) is 0 Å². The van der Waals surface area contributed by atoms with E-state index in [1.807, 2.05) is 0 Å². The lowest BCUT2D eigenvalue weighted by Gasteiger charge is -2.57. The van der Waals surface area contributed by atoms with Gasteiger partial charge in [-0.05, 0) is 48.3 Å². The van der Waals surface area contributed by atoms with E-state index >= 15 is 0 Å². The Kier molecular flexibility index (Phi) is 3.33. The molecule has 0 amide bonds. The molecule has 1 unspecified atom stereocenters. The van der Waals surface area contributed by atoms with Gasteiger partial charge in [0.2, 0.25) is 0 Å². The normalized spacial score (nSPS) is 39.2. The van der Waals surface area contributed by atoms with Crippen LogP contribution in [0, 0.1) is 22.7 Å². The van der Waals surface area contributed by atoms with Crippen molar-refractivity contribution in [2.75, 3.05) is 0 Å². The van der Waals surface area contributed by atoms with Gasteiger partial charge in [-0.25, -0.2) is 0 Å². The highest BCUT2D eigenvalue weighted by atomic mass is 16.4. The average Bonchev–Trinajstić information content (AvgIpc) is 2.22. The summed E-state index contributed by atoms with van der Waals surface area (Å²) in [6.07, 6.45) is 6.14. The fourth-order valence-electron chi connectivity index (χ4n) is 4.83. The molecule has 0 spiro atoms. The maximum atomic E-state index is 11.2. The van der Waals surface area contributed by atoms with Crippen LogP contribution in [0.4, 0.5) is 0 Å². The van der Waals surface area contributed by atoms with E-state index < -0.39 is 5.97 Å². The molecule has 102 valence electrons. The van der Waals surface area contributed by atoms with Gasteiger partial charge < -0.3 is 5.11 Å². The summed E-state index contributed by atoms with van der Waals surface area (Å²) in [4.78, 5) is 11.2. The Hall–Kier alpha value is -0.790. The minimum atomic E-state index is -0.675. The summed E-state index contributed by atoms with van der Waals surface area (Å²) < 4.78 is 0. The summed E-state index contributed by atoms with van der Waals surface area (Å²) in [5.41, 5.74) is 1.67. The van der Waals surface area contributed by atoms with Crippen LogP contribution in [-0.2, 0) is 4.79 Å². The molecule has 0 aliphatic heterocycles. The highest BCUT2D eigenvalue weighted by Crippen LogP contribution is 2.61. The number of hydrogen-bond acceptors (Lipinski definition) is 1. The molecule has 0 bridgehead atoms. The van der Waals surface area contributed by atoms with Crippen molar-refractivity contribution in [2.24, 2.45) is 22.7 Å². The predicted octanol–water partition coefficient (Wildman–Crippen LogP) is 4.26. The maximum absolute atomic E-state index is 11.2. The zero-order chi connectivity index (χ0) is 13.6. The Morgan fingerprint density at radius 1 is 1.39 bits per heavy atom. The van der Waals surface area contributed by atoms with Crippen LogP contribution in [0.2, 0.25) is 0 Å². The molecule has 2 saturated carbocycles. The van der Waals surface area contributed by atoms with Crippen molar-refractivity contribution in [2.45, 2.75) is 59.3 Å². The van der Waals surface area contributed by atoms with Gasteiger partial charge in [-0.15, -0.1) is 0 Å². The maximum Gasteiger partial charge on any atom is 0.303 e. The van der Waals surface area contributed by atoms with Gasteiger partial charge in [0.05, 0.1) is 6.42 Å². The van der Waals surface area contributed by atoms with E-state index in [0.717, 1.165) is 12.8 Å². The number of aliphatic carboxylic acids is 1. The zero-order valence-electron chi connectivity index (χ0n) is 12.0. The third kappa shape index (κ3) is 2.10. The molecule has 0 saturated heterocycles. The number of rotatable bonds is 2. The molecule has 2 aliphatic carbocycles. The Labute approximate surface area is 110 Å². The Morgan fingerprint density at radius 3 is 2.67 bits per heavy atom. The molecule has 2 aliphatic rings. The van der Waals surface area contributed by atoms with Crippen molar-refractivity contribution in [3.8, 4) is 0 Å². The van der Waals surface area contributed by atoms with Crippen molar-refractivity contribution in [3.63, 3.8) is 0 Å². The largest absolute Gasteiger partial charge is 0.481 e. The average molecular weight is 250 g/mol. The van der Waals surface area contributed by atoms with E-state index in [0.29, 0.717) is 11.3 Å². The molecule has 0 aromatic rings. The summed E-state index contributed by atoms with van der Waals surface area (Å²) in [6.45, 7) is 11.2. The van der Waals surface area contributed by atoms with Gasteiger partial charge in [-0.2, -0.15) is 0 Å². The van der Waals surface area contributed by atoms with Gasteiger partial charge in [0.25, 0.3) is 0 Å². The van der Waals surface area contributed by atoms with Crippen molar-refractivity contribution < 1.29 is 9.90 Å². The van der Waals surface area contributed by atoms with Crippen molar-refractivity contribution in [1.82, 2.24) is 0 Å². The number of allylic oxidation sites excluding steroid dienone is 1. The van der Waals surface area contributed by atoms with Gasteiger partial charge in [0.15, 0.2) is 0 Å². The fraction of sp³-hybridized carbons (Fsp3) is 0.812. The van der Waals surface area contributed by atoms with Crippen LogP contribution < -0.4 is 0 Å². The Bertz CT molecular complexity index is 369. The Balaban J connectivity index is 2.33. The standard InChI is InChI=1S/C16H26O2/c1-11-6-7-13-15(2,3)8-5-9-16(13,4)12(11)10-14(17)18/h12-13H,1,5-10H2,2-4H3,(H,17,18)/t12?,13-,16+/m0/s1. The molecule has 2 heteroatoms. The molecular formula is C16H26O2. The highest BCUT2D eigenvalue weighted by Gasteiger charge is 2.53. The number of carbonyl (C=O) groups is 1. The van der Waals surface area contributed by atoms with Gasteiger partial charge in [0, 0.05) is 0 Å². The molecular weight excluding hydrogens is 224 g/mol. The topological polar surface area (TPSA) is 37.3 Å². The molecule has 18 heavy (non-hydrogen) atoms. The summed E-state index contributed by atoms with van der Waals surface area (Å²) in [7, 11) is 0. The van der Waals surface area contributed by atoms with Crippen LogP contribution in [0.15, 0.2) is 12.2 Å². The van der Waals surface area contributed by atoms with Crippen LogP contribution in [-0.4, -0.2) is 11.1 Å². The second-order valence-electron chi connectivity index (χ2n) is 7.25. The highest BCUT2D eigenvalue weighted by molar-refractivity contribution is 5.67. The third-order valence-corrected chi connectivity index (χ3v) is 5.70. The minimum absolute atomic E-state index is 0.148. The molecule has 3 atom stereocenters. The van der Waals surface area contributed by atoms with Gasteiger partial charge >= 0.3 is 5.97 Å². The minimum Gasteiger partial charge on any atom is -0.481 e. The molecule has 0 aromatic heterocycles. The molecule has 2 nitrogen and oxygen atoms in total. The molecule has 0 heterocycles. The van der Waals surface area contributed by atoms with Crippen molar-refractivity contribution >= 4 is 5.97 Å². The van der Waals surface area contributed by atoms with E-state index in [1.165, 1.54) is 24.8 Å². The number of carboxylic acid groups (broad SMARTS) is 1. The molecule has 0 aromatic carbocycles. The SMILES string of the molecule is C=C1CC[C@H]2C(C)(C)CCC[C@]2(C)C1CC(=O)O. The van der Waals surface area contributed by atoms with Crippen LogP contribution >= 0.6 is 0 Å². The summed E-state index contributed by atoms with van der Waals surface area (Å²) in [5.74, 6) is 0.147. The summed E-state index contributed by atoms with van der Waals surface area (Å²) in [5, 5.41) is 9.18. The summed E-state index contributed by atoms with van der Waals surface area (Å²) >= 11 is 0.